The molecule has 2 heterocycles. The molecule has 6 nitrogen and oxygen atoms in total. The minimum atomic E-state index is 0.144. The molecule has 0 unspecified atom stereocenters. The van der Waals surface area contributed by atoms with E-state index >= 15 is 0 Å². The van der Waals surface area contributed by atoms with Gasteiger partial charge in [-0.15, -0.1) is 0 Å². The van der Waals surface area contributed by atoms with Crippen molar-refractivity contribution >= 4 is 5.82 Å². The third-order valence-corrected chi connectivity index (χ3v) is 2.52. The van der Waals surface area contributed by atoms with Gasteiger partial charge >= 0.3 is 0 Å². The molecule has 0 aliphatic rings. The summed E-state index contributed by atoms with van der Waals surface area (Å²) in [6, 6.07) is 11.8. The monoisotopic (exact) mass is 254 g/mol. The summed E-state index contributed by atoms with van der Waals surface area (Å²) in [5.41, 5.74) is 6.78. The number of nitrogen functional groups attached to an aromatic ring is 1. The van der Waals surface area contributed by atoms with Crippen molar-refractivity contribution in [2.45, 2.75) is 0 Å². The van der Waals surface area contributed by atoms with Gasteiger partial charge in [0.2, 0.25) is 5.82 Å². The van der Waals surface area contributed by atoms with Crippen molar-refractivity contribution in [3.8, 4) is 28.7 Å². The maximum atomic E-state index is 9.42. The zero-order valence-corrected chi connectivity index (χ0v) is 9.82. The lowest BCUT2D eigenvalue weighted by Crippen LogP contribution is -1.91. The summed E-state index contributed by atoms with van der Waals surface area (Å²) in [4.78, 5) is 8.33. The maximum absolute atomic E-state index is 9.42. The first-order valence-corrected chi connectivity index (χ1v) is 5.58. The van der Waals surface area contributed by atoms with Gasteiger partial charge in [-0.3, -0.25) is 0 Å². The van der Waals surface area contributed by atoms with E-state index in [1.54, 1.807) is 42.5 Å². The summed E-state index contributed by atoms with van der Waals surface area (Å²) in [6.07, 6.45) is 0. The molecule has 2 aromatic heterocycles. The average Bonchev–Trinajstić information content (AvgIpc) is 2.88. The van der Waals surface area contributed by atoms with Crippen LogP contribution in [-0.4, -0.2) is 20.2 Å². The van der Waals surface area contributed by atoms with Gasteiger partial charge in [-0.05, 0) is 24.3 Å². The predicted molar refractivity (Wildman–Crippen MR) is 69.0 cm³/mol. The second kappa shape index (κ2) is 4.41. The number of nitrogens with zero attached hydrogens (tertiary/aromatic N) is 3. The molecule has 19 heavy (non-hydrogen) atoms. The van der Waals surface area contributed by atoms with Crippen LogP contribution in [-0.2, 0) is 0 Å². The fraction of sp³-hybridized carbons (Fsp3) is 0. The summed E-state index contributed by atoms with van der Waals surface area (Å²) in [7, 11) is 0. The SMILES string of the molecule is Nc1cccc(-c2nc(-c3cccc(O)c3)no2)n1. The highest BCUT2D eigenvalue weighted by molar-refractivity contribution is 5.60. The third kappa shape index (κ3) is 2.23. The molecule has 3 rings (SSSR count). The highest BCUT2D eigenvalue weighted by Crippen LogP contribution is 2.23. The summed E-state index contributed by atoms with van der Waals surface area (Å²) in [6.45, 7) is 0. The van der Waals surface area contributed by atoms with E-state index in [1.807, 2.05) is 0 Å². The van der Waals surface area contributed by atoms with Crippen molar-refractivity contribution in [2.75, 3.05) is 5.73 Å². The zero-order chi connectivity index (χ0) is 13.2. The number of aromatic nitrogens is 3. The number of aromatic hydroxyl groups is 1. The van der Waals surface area contributed by atoms with E-state index in [1.165, 1.54) is 0 Å². The highest BCUT2D eigenvalue weighted by Gasteiger charge is 2.12. The van der Waals surface area contributed by atoms with Crippen LogP contribution in [0.15, 0.2) is 47.0 Å². The first-order chi connectivity index (χ1) is 9.22. The molecule has 0 radical (unpaired) electrons. The lowest BCUT2D eigenvalue weighted by Gasteiger charge is -1.95. The molecule has 0 saturated carbocycles. The normalized spacial score (nSPS) is 10.5. The fourth-order valence-electron chi connectivity index (χ4n) is 1.66. The fourth-order valence-corrected chi connectivity index (χ4v) is 1.66. The lowest BCUT2D eigenvalue weighted by atomic mass is 10.2. The van der Waals surface area contributed by atoms with Gasteiger partial charge in [0, 0.05) is 5.56 Å². The average molecular weight is 254 g/mol. The van der Waals surface area contributed by atoms with Gasteiger partial charge in [-0.2, -0.15) is 4.98 Å². The topological polar surface area (TPSA) is 98.1 Å². The van der Waals surface area contributed by atoms with E-state index < -0.39 is 0 Å². The number of benzene rings is 1. The molecule has 94 valence electrons. The Morgan fingerprint density at radius 3 is 2.68 bits per heavy atom. The molecule has 1 aromatic carbocycles. The van der Waals surface area contributed by atoms with Gasteiger partial charge < -0.3 is 15.4 Å². The third-order valence-electron chi connectivity index (χ3n) is 2.52. The Hall–Kier alpha value is -2.89. The summed E-state index contributed by atoms with van der Waals surface area (Å²) >= 11 is 0. The lowest BCUT2D eigenvalue weighted by molar-refractivity contribution is 0.431. The van der Waals surface area contributed by atoms with Gasteiger partial charge in [0.1, 0.15) is 17.3 Å². The zero-order valence-electron chi connectivity index (χ0n) is 9.82. The van der Waals surface area contributed by atoms with Gasteiger partial charge in [-0.25, -0.2) is 4.98 Å². The quantitative estimate of drug-likeness (QED) is 0.726. The Bertz CT molecular complexity index is 664. The number of hydrogen-bond acceptors (Lipinski definition) is 6. The Morgan fingerprint density at radius 1 is 1.05 bits per heavy atom. The van der Waals surface area contributed by atoms with Crippen LogP contribution in [0, 0.1) is 0 Å². The smallest absolute Gasteiger partial charge is 0.276 e. The number of phenolic OH excluding ortho intramolecular Hbond substituents is 1. The Labute approximate surface area is 108 Å². The van der Waals surface area contributed by atoms with Gasteiger partial charge in [0.15, 0.2) is 0 Å². The second-order valence-corrected chi connectivity index (χ2v) is 3.92. The van der Waals surface area contributed by atoms with Crippen molar-refractivity contribution in [2.24, 2.45) is 0 Å². The number of anilines is 1. The number of pyridine rings is 1. The van der Waals surface area contributed by atoms with Crippen LogP contribution in [0.25, 0.3) is 23.0 Å². The standard InChI is InChI=1S/C13H10N4O2/c14-11-6-2-5-10(15-11)13-16-12(17-19-13)8-3-1-4-9(18)7-8/h1-7,18H,(H2,14,15). The maximum Gasteiger partial charge on any atom is 0.276 e. The molecule has 0 aliphatic heterocycles. The van der Waals surface area contributed by atoms with Crippen molar-refractivity contribution in [3.63, 3.8) is 0 Å². The predicted octanol–water partition coefficient (Wildman–Crippen LogP) is 2.09. The molecule has 0 aliphatic carbocycles. The van der Waals surface area contributed by atoms with E-state index in [2.05, 4.69) is 15.1 Å². The number of hydrogen-bond donors (Lipinski definition) is 2. The first-order valence-electron chi connectivity index (χ1n) is 5.58. The highest BCUT2D eigenvalue weighted by atomic mass is 16.5. The Kier molecular flexibility index (Phi) is 2.60. The van der Waals surface area contributed by atoms with E-state index in [9.17, 15) is 5.11 Å². The van der Waals surface area contributed by atoms with Gasteiger partial charge in [0.05, 0.1) is 0 Å². The summed E-state index contributed by atoms with van der Waals surface area (Å²) in [5, 5.41) is 13.3. The largest absolute Gasteiger partial charge is 0.508 e. The molecule has 0 fully saturated rings. The van der Waals surface area contributed by atoms with Gasteiger partial charge in [0.25, 0.3) is 5.89 Å². The minimum absolute atomic E-state index is 0.144. The van der Waals surface area contributed by atoms with Crippen molar-refractivity contribution < 1.29 is 9.63 Å². The molecule has 0 saturated heterocycles. The van der Waals surface area contributed by atoms with Crippen LogP contribution < -0.4 is 5.73 Å². The number of rotatable bonds is 2. The second-order valence-electron chi connectivity index (χ2n) is 3.92. The molecule has 0 amide bonds. The molecular formula is C13H10N4O2. The Balaban J connectivity index is 2.00. The number of phenols is 1. The van der Waals surface area contributed by atoms with E-state index in [4.69, 9.17) is 10.3 Å². The summed E-state index contributed by atoms with van der Waals surface area (Å²) in [5.74, 6) is 1.20. The van der Waals surface area contributed by atoms with Crippen molar-refractivity contribution in [1.29, 1.82) is 0 Å². The molecule has 0 bridgehead atoms. The summed E-state index contributed by atoms with van der Waals surface area (Å²) < 4.78 is 5.14. The molecule has 0 atom stereocenters. The molecule has 0 spiro atoms. The van der Waals surface area contributed by atoms with Gasteiger partial charge in [-0.1, -0.05) is 23.4 Å². The minimum Gasteiger partial charge on any atom is -0.508 e. The van der Waals surface area contributed by atoms with Crippen LogP contribution in [0.5, 0.6) is 5.75 Å². The van der Waals surface area contributed by atoms with Crippen LogP contribution in [0.3, 0.4) is 0 Å². The van der Waals surface area contributed by atoms with E-state index in [-0.39, 0.29) is 11.6 Å². The molecular weight excluding hydrogens is 244 g/mol. The Morgan fingerprint density at radius 2 is 1.89 bits per heavy atom. The van der Waals surface area contributed by atoms with Crippen LogP contribution in [0.4, 0.5) is 5.82 Å². The van der Waals surface area contributed by atoms with Crippen molar-refractivity contribution in [1.82, 2.24) is 15.1 Å². The van der Waals surface area contributed by atoms with Crippen LogP contribution in [0.2, 0.25) is 0 Å². The molecule has 3 aromatic rings. The van der Waals surface area contributed by atoms with E-state index in [0.29, 0.717) is 22.9 Å². The molecule has 6 heteroatoms. The van der Waals surface area contributed by atoms with E-state index in [0.717, 1.165) is 0 Å². The van der Waals surface area contributed by atoms with Crippen LogP contribution >= 0.6 is 0 Å². The first kappa shape index (κ1) is 11.2. The van der Waals surface area contributed by atoms with Crippen molar-refractivity contribution in [3.05, 3.63) is 42.5 Å². The number of nitrogens with two attached hydrogens (primary N) is 1. The van der Waals surface area contributed by atoms with Crippen LogP contribution in [0.1, 0.15) is 0 Å². The molecule has 3 N–H and O–H groups in total.